The highest BCUT2D eigenvalue weighted by molar-refractivity contribution is 6.23. The van der Waals surface area contributed by atoms with Crippen LogP contribution in [0, 0.1) is 0 Å². The fourth-order valence-electron chi connectivity index (χ4n) is 1.83. The maximum atomic E-state index is 11.7. The molecule has 0 bridgehead atoms. The zero-order chi connectivity index (χ0) is 12.8. The second kappa shape index (κ2) is 6.18. The highest BCUT2D eigenvalue weighted by atomic mass is 16.5. The van der Waals surface area contributed by atoms with Crippen molar-refractivity contribution in [2.45, 2.75) is 32.1 Å². The third-order valence-corrected chi connectivity index (χ3v) is 2.74. The third kappa shape index (κ3) is 3.41. The molecule has 1 N–H and O–H groups in total. The molecule has 1 rings (SSSR count). The molecule has 0 aliphatic heterocycles. The minimum Gasteiger partial charge on any atom is -0.511 e. The Hall–Kier alpha value is -1.65. The molecule has 0 radical (unpaired) electrons. The molecule has 0 fully saturated rings. The van der Waals surface area contributed by atoms with Gasteiger partial charge in [0.05, 0.1) is 19.1 Å². The fraction of sp³-hybridized carbons (Fsp3) is 0.583. The third-order valence-electron chi connectivity index (χ3n) is 2.74. The van der Waals surface area contributed by atoms with Crippen molar-refractivity contribution in [1.82, 2.24) is 0 Å². The van der Waals surface area contributed by atoms with Crippen LogP contribution in [0.15, 0.2) is 16.3 Å². The van der Waals surface area contributed by atoms with E-state index in [0.29, 0.717) is 37.0 Å². The number of aliphatic imine (C=N–C) groups is 1. The second-order valence-electron chi connectivity index (χ2n) is 3.84. The van der Waals surface area contributed by atoms with Crippen molar-refractivity contribution in [2.75, 3.05) is 14.2 Å². The molecule has 0 atom stereocenters. The van der Waals surface area contributed by atoms with Crippen LogP contribution in [0.25, 0.3) is 0 Å². The minimum atomic E-state index is -0.352. The molecule has 0 amide bonds. The van der Waals surface area contributed by atoms with Crippen molar-refractivity contribution in [3.63, 3.8) is 0 Å². The quantitative estimate of drug-likeness (QED) is 0.597. The Morgan fingerprint density at radius 1 is 1.41 bits per heavy atom. The van der Waals surface area contributed by atoms with E-state index in [0.717, 1.165) is 0 Å². The van der Waals surface area contributed by atoms with Gasteiger partial charge in [-0.2, -0.15) is 0 Å². The summed E-state index contributed by atoms with van der Waals surface area (Å²) in [6.45, 7) is 0. The summed E-state index contributed by atoms with van der Waals surface area (Å²) in [7, 11) is 2.86. The average Bonchev–Trinajstić information content (AvgIpc) is 2.32. The van der Waals surface area contributed by atoms with Crippen LogP contribution in [-0.2, 0) is 14.3 Å². The zero-order valence-electron chi connectivity index (χ0n) is 10.2. The monoisotopic (exact) mass is 239 g/mol. The van der Waals surface area contributed by atoms with E-state index in [1.807, 2.05) is 0 Å². The Morgan fingerprint density at radius 2 is 2.12 bits per heavy atom. The zero-order valence-corrected chi connectivity index (χ0v) is 10.2. The van der Waals surface area contributed by atoms with Crippen LogP contribution in [-0.4, -0.2) is 36.7 Å². The molecule has 1 aliphatic rings. The standard InChI is InChI=1S/C12H17NO4/c1-13-8(6-7-11(16)17-2)12-9(14)4-3-5-10(12)15/h14H,3-7H2,1-2H3. The van der Waals surface area contributed by atoms with Gasteiger partial charge in [-0.3, -0.25) is 14.6 Å². The number of carbonyl (C=O) groups is 2. The van der Waals surface area contributed by atoms with Crippen molar-refractivity contribution in [3.8, 4) is 0 Å². The normalized spacial score (nSPS) is 17.3. The van der Waals surface area contributed by atoms with Crippen molar-refractivity contribution in [3.05, 3.63) is 11.3 Å². The van der Waals surface area contributed by atoms with Crippen molar-refractivity contribution in [2.24, 2.45) is 4.99 Å². The molecule has 5 nitrogen and oxygen atoms in total. The Morgan fingerprint density at radius 3 is 2.65 bits per heavy atom. The molecule has 0 spiro atoms. The van der Waals surface area contributed by atoms with Gasteiger partial charge in [0.1, 0.15) is 5.76 Å². The van der Waals surface area contributed by atoms with Gasteiger partial charge < -0.3 is 9.84 Å². The summed E-state index contributed by atoms with van der Waals surface area (Å²) in [6.07, 6.45) is 2.07. The first kappa shape index (κ1) is 13.4. The lowest BCUT2D eigenvalue weighted by Gasteiger charge is -2.16. The van der Waals surface area contributed by atoms with Gasteiger partial charge >= 0.3 is 5.97 Å². The number of aliphatic hydroxyl groups excluding tert-OH is 1. The summed E-state index contributed by atoms with van der Waals surface area (Å²) < 4.78 is 4.53. The van der Waals surface area contributed by atoms with Crippen LogP contribution in [0.5, 0.6) is 0 Å². The van der Waals surface area contributed by atoms with E-state index >= 15 is 0 Å². The summed E-state index contributed by atoms with van der Waals surface area (Å²) in [4.78, 5) is 26.7. The number of Topliss-reactive ketones (excluding diaryl/α,β-unsaturated/α-hetero) is 1. The lowest BCUT2D eigenvalue weighted by atomic mass is 9.91. The maximum Gasteiger partial charge on any atom is 0.305 e. The molecular weight excluding hydrogens is 222 g/mol. The summed E-state index contributed by atoms with van der Waals surface area (Å²) in [5.74, 6) is -0.361. The van der Waals surface area contributed by atoms with Crippen LogP contribution in [0.3, 0.4) is 0 Å². The topological polar surface area (TPSA) is 76.0 Å². The average molecular weight is 239 g/mol. The predicted molar refractivity (Wildman–Crippen MR) is 63.1 cm³/mol. The van der Waals surface area contributed by atoms with Gasteiger partial charge in [-0.1, -0.05) is 0 Å². The van der Waals surface area contributed by atoms with Crippen molar-refractivity contribution < 1.29 is 19.4 Å². The number of nitrogens with zero attached hydrogens (tertiary/aromatic N) is 1. The maximum absolute atomic E-state index is 11.7. The number of rotatable bonds is 4. The molecule has 0 aromatic rings. The molecular formula is C12H17NO4. The Labute approximate surface area is 100 Å². The molecule has 5 heteroatoms. The SMILES string of the molecule is CN=C(CCC(=O)OC)C1=C(O)CCCC1=O. The van der Waals surface area contributed by atoms with E-state index in [9.17, 15) is 14.7 Å². The van der Waals surface area contributed by atoms with Crippen LogP contribution in [0.2, 0.25) is 0 Å². The molecule has 17 heavy (non-hydrogen) atoms. The highest BCUT2D eigenvalue weighted by Crippen LogP contribution is 2.22. The number of esters is 1. The number of hydrogen-bond donors (Lipinski definition) is 1. The highest BCUT2D eigenvalue weighted by Gasteiger charge is 2.24. The summed E-state index contributed by atoms with van der Waals surface area (Å²) in [5, 5.41) is 9.73. The van der Waals surface area contributed by atoms with E-state index in [1.54, 1.807) is 7.05 Å². The first-order chi connectivity index (χ1) is 8.10. The van der Waals surface area contributed by atoms with Gasteiger partial charge in [0.25, 0.3) is 0 Å². The van der Waals surface area contributed by atoms with Gasteiger partial charge in [-0.15, -0.1) is 0 Å². The molecule has 0 saturated carbocycles. The molecule has 1 aliphatic carbocycles. The smallest absolute Gasteiger partial charge is 0.305 e. The van der Waals surface area contributed by atoms with Gasteiger partial charge in [0.15, 0.2) is 5.78 Å². The van der Waals surface area contributed by atoms with Gasteiger partial charge in [-0.05, 0) is 6.42 Å². The molecule has 0 aromatic heterocycles. The number of methoxy groups -OCH3 is 1. The first-order valence-electron chi connectivity index (χ1n) is 5.58. The molecule has 0 saturated heterocycles. The van der Waals surface area contributed by atoms with E-state index in [-0.39, 0.29) is 23.9 Å². The van der Waals surface area contributed by atoms with E-state index < -0.39 is 0 Å². The first-order valence-corrected chi connectivity index (χ1v) is 5.58. The van der Waals surface area contributed by atoms with Crippen LogP contribution < -0.4 is 0 Å². The van der Waals surface area contributed by atoms with Crippen molar-refractivity contribution in [1.29, 1.82) is 0 Å². The lowest BCUT2D eigenvalue weighted by Crippen LogP contribution is -2.20. The summed E-state index contributed by atoms with van der Waals surface area (Å²) in [6, 6.07) is 0. The number of ketones is 1. The van der Waals surface area contributed by atoms with Crippen LogP contribution in [0.4, 0.5) is 0 Å². The summed E-state index contributed by atoms with van der Waals surface area (Å²) in [5.41, 5.74) is 0.778. The van der Waals surface area contributed by atoms with Crippen LogP contribution >= 0.6 is 0 Å². The largest absolute Gasteiger partial charge is 0.511 e. The second-order valence-corrected chi connectivity index (χ2v) is 3.84. The molecule has 0 unspecified atom stereocenters. The fourth-order valence-corrected chi connectivity index (χ4v) is 1.83. The minimum absolute atomic E-state index is 0.0896. The predicted octanol–water partition coefficient (Wildman–Crippen LogP) is 1.58. The number of aliphatic hydroxyl groups is 1. The number of ether oxygens (including phenoxy) is 1. The molecule has 0 heterocycles. The summed E-state index contributed by atoms with van der Waals surface area (Å²) >= 11 is 0. The Balaban J connectivity index is 2.80. The Kier molecular flexibility index (Phi) is 4.87. The van der Waals surface area contributed by atoms with E-state index in [4.69, 9.17) is 0 Å². The van der Waals surface area contributed by atoms with Gasteiger partial charge in [0, 0.05) is 32.0 Å². The Bertz CT molecular complexity index is 382. The number of hydrogen-bond acceptors (Lipinski definition) is 5. The molecule has 0 aromatic carbocycles. The number of carbonyl (C=O) groups excluding carboxylic acids is 2. The lowest BCUT2D eigenvalue weighted by molar-refractivity contribution is -0.140. The number of allylic oxidation sites excluding steroid dienone is 2. The van der Waals surface area contributed by atoms with Crippen molar-refractivity contribution >= 4 is 17.5 Å². The van der Waals surface area contributed by atoms with E-state index in [1.165, 1.54) is 7.11 Å². The molecule has 94 valence electrons. The van der Waals surface area contributed by atoms with E-state index in [2.05, 4.69) is 9.73 Å². The van der Waals surface area contributed by atoms with Gasteiger partial charge in [0.2, 0.25) is 0 Å². The van der Waals surface area contributed by atoms with Gasteiger partial charge in [-0.25, -0.2) is 0 Å². The van der Waals surface area contributed by atoms with Crippen LogP contribution in [0.1, 0.15) is 32.1 Å².